The van der Waals surface area contributed by atoms with Gasteiger partial charge in [0.05, 0.1) is 0 Å². The minimum absolute atomic E-state index is 0.436. The SMILES string of the molecule is CC(C)n1ccc(NC2CCCN(C)CC2)n1. The summed E-state index contributed by atoms with van der Waals surface area (Å²) < 4.78 is 2.01. The highest BCUT2D eigenvalue weighted by Gasteiger charge is 2.15. The summed E-state index contributed by atoms with van der Waals surface area (Å²) in [7, 11) is 2.20. The largest absolute Gasteiger partial charge is 0.366 e. The molecule has 96 valence electrons. The van der Waals surface area contributed by atoms with Crippen molar-refractivity contribution in [2.45, 2.75) is 45.2 Å². The Morgan fingerprint density at radius 2 is 2.18 bits per heavy atom. The molecule has 1 aromatic rings. The molecule has 1 atom stereocenters. The van der Waals surface area contributed by atoms with E-state index in [1.807, 2.05) is 4.68 Å². The molecule has 1 aliphatic rings. The number of rotatable bonds is 3. The van der Waals surface area contributed by atoms with Crippen molar-refractivity contribution in [3.05, 3.63) is 12.3 Å². The molecule has 0 aromatic carbocycles. The summed E-state index contributed by atoms with van der Waals surface area (Å²) in [5, 5.41) is 8.10. The fourth-order valence-electron chi connectivity index (χ4n) is 2.30. The van der Waals surface area contributed by atoms with Gasteiger partial charge in [0.2, 0.25) is 0 Å². The van der Waals surface area contributed by atoms with Gasteiger partial charge in [0.15, 0.2) is 0 Å². The third-order valence-corrected chi connectivity index (χ3v) is 3.44. The number of aromatic nitrogens is 2. The molecule has 0 amide bonds. The molecular weight excluding hydrogens is 212 g/mol. The van der Waals surface area contributed by atoms with Gasteiger partial charge in [-0.15, -0.1) is 0 Å². The number of hydrogen-bond acceptors (Lipinski definition) is 3. The van der Waals surface area contributed by atoms with Crippen LogP contribution < -0.4 is 5.32 Å². The van der Waals surface area contributed by atoms with E-state index in [1.54, 1.807) is 0 Å². The van der Waals surface area contributed by atoms with Gasteiger partial charge >= 0.3 is 0 Å². The van der Waals surface area contributed by atoms with Crippen molar-refractivity contribution in [3.63, 3.8) is 0 Å². The second-order valence-electron chi connectivity index (χ2n) is 5.35. The standard InChI is InChI=1S/C13H24N4/c1-11(2)17-10-7-13(15-17)14-12-5-4-8-16(3)9-6-12/h7,10-12H,4-6,8-9H2,1-3H3,(H,14,15). The van der Waals surface area contributed by atoms with Crippen LogP contribution in [0.5, 0.6) is 0 Å². The normalized spacial score (nSPS) is 22.7. The lowest BCUT2D eigenvalue weighted by Gasteiger charge is -2.16. The first-order valence-electron chi connectivity index (χ1n) is 6.65. The van der Waals surface area contributed by atoms with E-state index in [1.165, 1.54) is 32.4 Å². The molecule has 1 aliphatic heterocycles. The molecule has 2 rings (SSSR count). The zero-order valence-electron chi connectivity index (χ0n) is 11.2. The maximum absolute atomic E-state index is 4.55. The van der Waals surface area contributed by atoms with Gasteiger partial charge in [0.25, 0.3) is 0 Å². The average Bonchev–Trinajstić information content (AvgIpc) is 2.65. The summed E-state index contributed by atoms with van der Waals surface area (Å²) in [6, 6.07) is 3.09. The Bertz CT molecular complexity index is 345. The van der Waals surface area contributed by atoms with E-state index in [2.05, 4.69) is 48.5 Å². The first-order valence-corrected chi connectivity index (χ1v) is 6.65. The Hall–Kier alpha value is -1.03. The van der Waals surface area contributed by atoms with Crippen LogP contribution in [-0.4, -0.2) is 40.9 Å². The van der Waals surface area contributed by atoms with Crippen LogP contribution in [0.15, 0.2) is 12.3 Å². The van der Waals surface area contributed by atoms with Crippen molar-refractivity contribution in [1.29, 1.82) is 0 Å². The summed E-state index contributed by atoms with van der Waals surface area (Å²) in [5.41, 5.74) is 0. The zero-order chi connectivity index (χ0) is 12.3. The van der Waals surface area contributed by atoms with E-state index in [-0.39, 0.29) is 0 Å². The Balaban J connectivity index is 1.90. The fraction of sp³-hybridized carbons (Fsp3) is 0.769. The summed E-state index contributed by atoms with van der Waals surface area (Å²) in [4.78, 5) is 2.41. The summed E-state index contributed by atoms with van der Waals surface area (Å²) in [5.74, 6) is 1.02. The molecule has 4 heteroatoms. The van der Waals surface area contributed by atoms with E-state index in [4.69, 9.17) is 0 Å². The van der Waals surface area contributed by atoms with Crippen LogP contribution in [-0.2, 0) is 0 Å². The predicted octanol–water partition coefficient (Wildman–Crippen LogP) is 2.36. The lowest BCUT2D eigenvalue weighted by atomic mass is 10.1. The smallest absolute Gasteiger partial charge is 0.148 e. The molecule has 0 radical (unpaired) electrons. The predicted molar refractivity (Wildman–Crippen MR) is 71.4 cm³/mol. The third-order valence-electron chi connectivity index (χ3n) is 3.44. The average molecular weight is 236 g/mol. The van der Waals surface area contributed by atoms with Gasteiger partial charge < -0.3 is 10.2 Å². The topological polar surface area (TPSA) is 33.1 Å². The third kappa shape index (κ3) is 3.46. The molecule has 0 bridgehead atoms. The Morgan fingerprint density at radius 1 is 1.35 bits per heavy atom. The van der Waals surface area contributed by atoms with E-state index in [9.17, 15) is 0 Å². The van der Waals surface area contributed by atoms with Gasteiger partial charge in [-0.05, 0) is 53.2 Å². The van der Waals surface area contributed by atoms with Crippen molar-refractivity contribution >= 4 is 5.82 Å². The van der Waals surface area contributed by atoms with Gasteiger partial charge in [0, 0.05) is 24.3 Å². The van der Waals surface area contributed by atoms with Crippen LogP contribution in [0, 0.1) is 0 Å². The molecule has 1 N–H and O–H groups in total. The monoisotopic (exact) mass is 236 g/mol. The summed E-state index contributed by atoms with van der Waals surface area (Å²) in [6.45, 7) is 6.70. The maximum atomic E-state index is 4.55. The van der Waals surface area contributed by atoms with Gasteiger partial charge in [0.1, 0.15) is 5.82 Å². The van der Waals surface area contributed by atoms with Crippen LogP contribution in [0.3, 0.4) is 0 Å². The molecule has 0 aliphatic carbocycles. The molecule has 0 spiro atoms. The number of nitrogens with zero attached hydrogens (tertiary/aromatic N) is 3. The van der Waals surface area contributed by atoms with Crippen molar-refractivity contribution in [2.24, 2.45) is 0 Å². The van der Waals surface area contributed by atoms with Crippen molar-refractivity contribution < 1.29 is 0 Å². The van der Waals surface area contributed by atoms with Gasteiger partial charge in [-0.3, -0.25) is 4.68 Å². The number of likely N-dealkylation sites (tertiary alicyclic amines) is 1. The second-order valence-corrected chi connectivity index (χ2v) is 5.35. The molecule has 1 unspecified atom stereocenters. The number of nitrogens with one attached hydrogen (secondary N) is 1. The van der Waals surface area contributed by atoms with Crippen LogP contribution >= 0.6 is 0 Å². The van der Waals surface area contributed by atoms with E-state index in [0.29, 0.717) is 12.1 Å². The van der Waals surface area contributed by atoms with Gasteiger partial charge in [-0.25, -0.2) is 0 Å². The highest BCUT2D eigenvalue weighted by atomic mass is 15.3. The van der Waals surface area contributed by atoms with Crippen LogP contribution in [0.2, 0.25) is 0 Å². The maximum Gasteiger partial charge on any atom is 0.148 e. The Morgan fingerprint density at radius 3 is 2.88 bits per heavy atom. The molecule has 1 aromatic heterocycles. The minimum Gasteiger partial charge on any atom is -0.366 e. The number of hydrogen-bond donors (Lipinski definition) is 1. The molecule has 2 heterocycles. The number of anilines is 1. The molecule has 1 saturated heterocycles. The quantitative estimate of drug-likeness (QED) is 0.874. The van der Waals surface area contributed by atoms with E-state index >= 15 is 0 Å². The highest BCUT2D eigenvalue weighted by molar-refractivity contribution is 5.33. The molecular formula is C13H24N4. The first kappa shape index (κ1) is 12.4. The van der Waals surface area contributed by atoms with Crippen LogP contribution in [0.1, 0.15) is 39.2 Å². The van der Waals surface area contributed by atoms with Gasteiger partial charge in [-0.1, -0.05) is 0 Å². The van der Waals surface area contributed by atoms with Crippen LogP contribution in [0.25, 0.3) is 0 Å². The Labute approximate surface area is 104 Å². The molecule has 17 heavy (non-hydrogen) atoms. The lowest BCUT2D eigenvalue weighted by molar-refractivity contribution is 0.348. The molecule has 0 saturated carbocycles. The summed E-state index contributed by atoms with van der Waals surface area (Å²) >= 11 is 0. The van der Waals surface area contributed by atoms with Crippen molar-refractivity contribution in [1.82, 2.24) is 14.7 Å². The Kier molecular flexibility index (Phi) is 4.05. The van der Waals surface area contributed by atoms with Gasteiger partial charge in [-0.2, -0.15) is 5.10 Å². The van der Waals surface area contributed by atoms with Crippen molar-refractivity contribution in [3.8, 4) is 0 Å². The minimum atomic E-state index is 0.436. The molecule has 4 nitrogen and oxygen atoms in total. The van der Waals surface area contributed by atoms with E-state index in [0.717, 1.165) is 5.82 Å². The highest BCUT2D eigenvalue weighted by Crippen LogP contribution is 2.15. The van der Waals surface area contributed by atoms with E-state index < -0.39 is 0 Å². The summed E-state index contributed by atoms with van der Waals surface area (Å²) in [6.07, 6.45) is 5.79. The van der Waals surface area contributed by atoms with Crippen LogP contribution in [0.4, 0.5) is 5.82 Å². The second kappa shape index (κ2) is 5.54. The first-order chi connectivity index (χ1) is 8.15. The molecule has 1 fully saturated rings. The zero-order valence-corrected chi connectivity index (χ0v) is 11.2. The lowest BCUT2D eigenvalue weighted by Crippen LogP contribution is -2.23. The van der Waals surface area contributed by atoms with Crippen molar-refractivity contribution in [2.75, 3.05) is 25.5 Å². The fourth-order valence-corrected chi connectivity index (χ4v) is 2.30.